The van der Waals surface area contributed by atoms with Crippen LogP contribution in [0.1, 0.15) is 6.42 Å². The van der Waals surface area contributed by atoms with Gasteiger partial charge in [-0.2, -0.15) is 0 Å². The van der Waals surface area contributed by atoms with Crippen molar-refractivity contribution in [3.8, 4) is 0 Å². The summed E-state index contributed by atoms with van der Waals surface area (Å²) < 4.78 is 4.58. The third-order valence-electron chi connectivity index (χ3n) is 2.05. The lowest BCUT2D eigenvalue weighted by Crippen LogP contribution is -2.29. The van der Waals surface area contributed by atoms with Crippen LogP contribution >= 0.6 is 0 Å². The molecular weight excluding hydrogens is 160 g/mol. The lowest BCUT2D eigenvalue weighted by atomic mass is 10.1. The van der Waals surface area contributed by atoms with E-state index in [1.807, 2.05) is 0 Å². The molecule has 70 valence electrons. The molecule has 0 spiro atoms. The average molecular weight is 174 g/mol. The Bertz CT molecular complexity index is 163. The van der Waals surface area contributed by atoms with Crippen LogP contribution in [0.3, 0.4) is 0 Å². The number of carbonyl (C=O) groups excluding carboxylic acids is 1. The Morgan fingerprint density at radius 1 is 1.75 bits per heavy atom. The van der Waals surface area contributed by atoms with Crippen molar-refractivity contribution in [2.24, 2.45) is 11.8 Å². The van der Waals surface area contributed by atoms with Crippen LogP contribution < -0.4 is 5.90 Å². The third kappa shape index (κ3) is 2.09. The zero-order chi connectivity index (χ0) is 8.97. The van der Waals surface area contributed by atoms with Gasteiger partial charge in [0.05, 0.1) is 13.7 Å². The highest BCUT2D eigenvalue weighted by molar-refractivity contribution is 5.67. The van der Waals surface area contributed by atoms with Crippen LogP contribution in [0.2, 0.25) is 0 Å². The summed E-state index contributed by atoms with van der Waals surface area (Å²) in [5.41, 5.74) is 0. The second kappa shape index (κ2) is 4.27. The largest absolute Gasteiger partial charge is 0.453 e. The van der Waals surface area contributed by atoms with E-state index in [1.54, 1.807) is 4.90 Å². The number of likely N-dealkylation sites (tertiary alicyclic amines) is 1. The average Bonchev–Trinajstić information content (AvgIpc) is 2.52. The van der Waals surface area contributed by atoms with Crippen LogP contribution in [0.5, 0.6) is 0 Å². The maximum Gasteiger partial charge on any atom is 0.409 e. The van der Waals surface area contributed by atoms with E-state index in [4.69, 9.17) is 5.90 Å². The van der Waals surface area contributed by atoms with E-state index < -0.39 is 0 Å². The lowest BCUT2D eigenvalue weighted by molar-refractivity contribution is 0.0986. The highest BCUT2D eigenvalue weighted by Gasteiger charge is 2.26. The summed E-state index contributed by atoms with van der Waals surface area (Å²) in [5, 5.41) is 0. The number of carbonyl (C=O) groups is 1. The Labute approximate surface area is 71.4 Å². The van der Waals surface area contributed by atoms with Gasteiger partial charge >= 0.3 is 6.09 Å². The predicted octanol–water partition coefficient (Wildman–Crippen LogP) is -0.0350. The first-order valence-corrected chi connectivity index (χ1v) is 3.92. The maximum atomic E-state index is 11.0. The molecule has 0 aliphatic carbocycles. The van der Waals surface area contributed by atoms with E-state index in [0.29, 0.717) is 19.1 Å². The molecule has 0 radical (unpaired) electrons. The summed E-state index contributed by atoms with van der Waals surface area (Å²) >= 11 is 0. The Kier molecular flexibility index (Phi) is 3.31. The van der Waals surface area contributed by atoms with E-state index in [-0.39, 0.29) is 6.09 Å². The smallest absolute Gasteiger partial charge is 0.409 e. The van der Waals surface area contributed by atoms with E-state index in [0.717, 1.165) is 13.0 Å². The van der Waals surface area contributed by atoms with Crippen LogP contribution in [0.15, 0.2) is 0 Å². The van der Waals surface area contributed by atoms with Crippen molar-refractivity contribution in [3.63, 3.8) is 0 Å². The minimum absolute atomic E-state index is 0.269. The minimum Gasteiger partial charge on any atom is -0.453 e. The summed E-state index contributed by atoms with van der Waals surface area (Å²) in [7, 11) is 1.38. The number of hydrogen-bond donors (Lipinski definition) is 1. The van der Waals surface area contributed by atoms with E-state index >= 15 is 0 Å². The second-order valence-corrected chi connectivity index (χ2v) is 2.90. The van der Waals surface area contributed by atoms with Gasteiger partial charge in [-0.1, -0.05) is 0 Å². The standard InChI is InChI=1S/C7H14N2O3/c1-11-7(10)9-3-2-6(4-9)5-12-8/h6H,2-5,8H2,1H3. The molecule has 0 aromatic carbocycles. The molecule has 0 aromatic rings. The molecule has 1 aliphatic rings. The fourth-order valence-corrected chi connectivity index (χ4v) is 1.40. The van der Waals surface area contributed by atoms with E-state index in [9.17, 15) is 4.79 Å². The molecule has 1 amide bonds. The van der Waals surface area contributed by atoms with Crippen molar-refractivity contribution in [2.45, 2.75) is 6.42 Å². The van der Waals surface area contributed by atoms with Gasteiger partial charge in [0.25, 0.3) is 0 Å². The Morgan fingerprint density at radius 3 is 3.08 bits per heavy atom. The molecule has 5 heteroatoms. The molecule has 0 bridgehead atoms. The number of hydrogen-bond acceptors (Lipinski definition) is 4. The predicted molar refractivity (Wildman–Crippen MR) is 42.2 cm³/mol. The van der Waals surface area contributed by atoms with Gasteiger partial charge in [0.15, 0.2) is 0 Å². The van der Waals surface area contributed by atoms with E-state index in [1.165, 1.54) is 7.11 Å². The highest BCUT2D eigenvalue weighted by atomic mass is 16.6. The van der Waals surface area contributed by atoms with Gasteiger partial charge in [-0.15, -0.1) is 0 Å². The normalized spacial score (nSPS) is 22.8. The van der Waals surface area contributed by atoms with Crippen molar-refractivity contribution in [1.29, 1.82) is 0 Å². The van der Waals surface area contributed by atoms with Crippen LogP contribution in [-0.4, -0.2) is 37.8 Å². The van der Waals surface area contributed by atoms with Gasteiger partial charge in [0.1, 0.15) is 0 Å². The number of ether oxygens (including phenoxy) is 1. The SMILES string of the molecule is COC(=O)N1CCC(CON)C1. The summed E-state index contributed by atoms with van der Waals surface area (Å²) in [6.45, 7) is 1.93. The molecule has 1 unspecified atom stereocenters. The second-order valence-electron chi connectivity index (χ2n) is 2.90. The van der Waals surface area contributed by atoms with Crippen LogP contribution in [0, 0.1) is 5.92 Å². The van der Waals surface area contributed by atoms with Crippen molar-refractivity contribution in [2.75, 3.05) is 26.8 Å². The number of rotatable bonds is 2. The first-order chi connectivity index (χ1) is 5.77. The van der Waals surface area contributed by atoms with Gasteiger partial charge in [0, 0.05) is 19.0 Å². The van der Waals surface area contributed by atoms with Crippen molar-refractivity contribution < 1.29 is 14.4 Å². The molecule has 1 atom stereocenters. The molecule has 1 fully saturated rings. The molecule has 1 heterocycles. The van der Waals surface area contributed by atoms with Crippen LogP contribution in [-0.2, 0) is 9.57 Å². The fraction of sp³-hybridized carbons (Fsp3) is 0.857. The number of nitrogens with two attached hydrogens (primary N) is 1. The minimum atomic E-state index is -0.269. The lowest BCUT2D eigenvalue weighted by Gasteiger charge is -2.13. The van der Waals surface area contributed by atoms with Gasteiger partial charge in [-0.05, 0) is 6.42 Å². The molecule has 12 heavy (non-hydrogen) atoms. The van der Waals surface area contributed by atoms with Gasteiger partial charge in [-0.3, -0.25) is 0 Å². The fourth-order valence-electron chi connectivity index (χ4n) is 1.40. The van der Waals surface area contributed by atoms with Crippen molar-refractivity contribution >= 4 is 6.09 Å². The van der Waals surface area contributed by atoms with Gasteiger partial charge in [-0.25, -0.2) is 10.7 Å². The van der Waals surface area contributed by atoms with E-state index in [2.05, 4.69) is 9.57 Å². The zero-order valence-corrected chi connectivity index (χ0v) is 7.16. The first kappa shape index (κ1) is 9.28. The molecule has 2 N–H and O–H groups in total. The molecular formula is C7H14N2O3. The summed E-state index contributed by atoms with van der Waals surface area (Å²) in [6, 6.07) is 0. The molecule has 0 aromatic heterocycles. The number of methoxy groups -OCH3 is 1. The molecule has 5 nitrogen and oxygen atoms in total. The highest BCUT2D eigenvalue weighted by Crippen LogP contribution is 2.16. The Morgan fingerprint density at radius 2 is 2.50 bits per heavy atom. The van der Waals surface area contributed by atoms with Crippen LogP contribution in [0.25, 0.3) is 0 Å². The molecule has 0 saturated carbocycles. The molecule has 1 rings (SSSR count). The Hall–Kier alpha value is -0.810. The Balaban J connectivity index is 2.30. The monoisotopic (exact) mass is 174 g/mol. The third-order valence-corrected chi connectivity index (χ3v) is 2.05. The number of amides is 1. The summed E-state index contributed by atoms with van der Waals surface area (Å²) in [4.78, 5) is 17.2. The van der Waals surface area contributed by atoms with Gasteiger partial charge in [0.2, 0.25) is 0 Å². The molecule has 1 saturated heterocycles. The topological polar surface area (TPSA) is 64.8 Å². The first-order valence-electron chi connectivity index (χ1n) is 3.92. The summed E-state index contributed by atoms with van der Waals surface area (Å²) in [6.07, 6.45) is 0.668. The van der Waals surface area contributed by atoms with Crippen molar-refractivity contribution in [1.82, 2.24) is 4.90 Å². The maximum absolute atomic E-state index is 11.0. The number of nitrogens with zero attached hydrogens (tertiary/aromatic N) is 1. The van der Waals surface area contributed by atoms with Crippen molar-refractivity contribution in [3.05, 3.63) is 0 Å². The van der Waals surface area contributed by atoms with Gasteiger partial charge < -0.3 is 14.5 Å². The molecule has 1 aliphatic heterocycles. The quantitative estimate of drug-likeness (QED) is 0.597. The van der Waals surface area contributed by atoms with Crippen LogP contribution in [0.4, 0.5) is 4.79 Å². The zero-order valence-electron chi connectivity index (χ0n) is 7.16. The summed E-state index contributed by atoms with van der Waals surface area (Å²) in [5.74, 6) is 5.28.